The summed E-state index contributed by atoms with van der Waals surface area (Å²) in [6, 6.07) is 16.4. The van der Waals surface area contributed by atoms with Crippen molar-refractivity contribution in [2.24, 2.45) is 5.92 Å². The van der Waals surface area contributed by atoms with Crippen molar-refractivity contribution in [3.63, 3.8) is 0 Å². The third-order valence-corrected chi connectivity index (χ3v) is 4.76. The van der Waals surface area contributed by atoms with Gasteiger partial charge in [-0.25, -0.2) is 0 Å². The average molecular weight is 308 g/mol. The summed E-state index contributed by atoms with van der Waals surface area (Å²) in [6.07, 6.45) is 4.80. The molecule has 23 heavy (non-hydrogen) atoms. The number of carbonyl (C=O) groups is 1. The van der Waals surface area contributed by atoms with Gasteiger partial charge in [-0.2, -0.15) is 0 Å². The molecule has 1 aliphatic rings. The molecule has 0 aromatic heterocycles. The molecule has 2 heteroatoms. The molecular weight excluding hydrogens is 284 g/mol. The second-order valence-electron chi connectivity index (χ2n) is 6.44. The van der Waals surface area contributed by atoms with Gasteiger partial charge in [-0.15, -0.1) is 0 Å². The van der Waals surface area contributed by atoms with E-state index in [-0.39, 0.29) is 5.92 Å². The lowest BCUT2D eigenvalue weighted by molar-refractivity contribution is -0.124. The van der Waals surface area contributed by atoms with Crippen LogP contribution in [-0.2, 0) is 17.8 Å². The van der Waals surface area contributed by atoms with Crippen LogP contribution in [0.3, 0.4) is 0 Å². The fourth-order valence-corrected chi connectivity index (χ4v) is 3.28. The Bertz CT molecular complexity index is 675. The molecule has 0 spiro atoms. The Hall–Kier alpha value is -2.09. The molecule has 0 N–H and O–H groups in total. The maximum absolute atomic E-state index is 12.1. The van der Waals surface area contributed by atoms with Gasteiger partial charge in [0.15, 0.2) is 0 Å². The minimum Gasteiger partial charge on any atom is -0.489 e. The number of ketones is 1. The maximum atomic E-state index is 12.1. The molecule has 2 aromatic rings. The molecule has 2 aromatic carbocycles. The van der Waals surface area contributed by atoms with Gasteiger partial charge in [-0.1, -0.05) is 48.9 Å². The van der Waals surface area contributed by atoms with E-state index >= 15 is 0 Å². The van der Waals surface area contributed by atoms with Gasteiger partial charge in [0, 0.05) is 12.3 Å². The van der Waals surface area contributed by atoms with Gasteiger partial charge in [0.05, 0.1) is 0 Å². The van der Waals surface area contributed by atoms with Crippen molar-refractivity contribution in [2.75, 3.05) is 0 Å². The lowest BCUT2D eigenvalue weighted by atomic mass is 9.83. The van der Waals surface area contributed by atoms with E-state index in [0.717, 1.165) is 37.0 Å². The van der Waals surface area contributed by atoms with E-state index in [0.29, 0.717) is 12.4 Å². The lowest BCUT2D eigenvalue weighted by Gasteiger charge is -2.21. The Morgan fingerprint density at radius 2 is 1.74 bits per heavy atom. The van der Waals surface area contributed by atoms with Crippen LogP contribution < -0.4 is 4.74 Å². The van der Waals surface area contributed by atoms with Crippen molar-refractivity contribution in [3.05, 3.63) is 65.2 Å². The number of hydrogen-bond acceptors (Lipinski definition) is 2. The zero-order valence-corrected chi connectivity index (χ0v) is 13.8. The summed E-state index contributed by atoms with van der Waals surface area (Å²) in [5.41, 5.74) is 3.60. The molecule has 2 nitrogen and oxygen atoms in total. The molecule has 1 unspecified atom stereocenters. The first-order valence-corrected chi connectivity index (χ1v) is 8.52. The van der Waals surface area contributed by atoms with Crippen LogP contribution in [-0.4, -0.2) is 5.78 Å². The Balaban J connectivity index is 1.70. The van der Waals surface area contributed by atoms with E-state index < -0.39 is 0 Å². The van der Waals surface area contributed by atoms with E-state index in [9.17, 15) is 4.79 Å². The van der Waals surface area contributed by atoms with E-state index in [1.165, 1.54) is 17.5 Å². The van der Waals surface area contributed by atoms with Gasteiger partial charge >= 0.3 is 0 Å². The topological polar surface area (TPSA) is 26.3 Å². The summed E-state index contributed by atoms with van der Waals surface area (Å²) in [6.45, 7) is 2.67. The van der Waals surface area contributed by atoms with Crippen molar-refractivity contribution in [3.8, 4) is 5.75 Å². The predicted octanol–water partition coefficient (Wildman–Crippen LogP) is 4.88. The van der Waals surface area contributed by atoms with E-state index in [1.54, 1.807) is 0 Å². The van der Waals surface area contributed by atoms with Crippen LogP contribution in [0, 0.1) is 12.8 Å². The van der Waals surface area contributed by atoms with E-state index in [4.69, 9.17) is 4.74 Å². The summed E-state index contributed by atoms with van der Waals surface area (Å²) >= 11 is 0. The molecule has 0 saturated heterocycles. The van der Waals surface area contributed by atoms with Gasteiger partial charge in [-0.05, 0) is 48.9 Å². The number of benzene rings is 2. The molecule has 0 aliphatic heterocycles. The first kappa shape index (κ1) is 15.8. The molecule has 0 amide bonds. The van der Waals surface area contributed by atoms with Crippen LogP contribution in [0.5, 0.6) is 5.75 Å². The van der Waals surface area contributed by atoms with Gasteiger partial charge in [0.25, 0.3) is 0 Å². The second-order valence-corrected chi connectivity index (χ2v) is 6.44. The summed E-state index contributed by atoms with van der Waals surface area (Å²) in [4.78, 5) is 12.1. The maximum Gasteiger partial charge on any atom is 0.136 e. The van der Waals surface area contributed by atoms with Gasteiger partial charge < -0.3 is 4.74 Å². The summed E-state index contributed by atoms with van der Waals surface area (Å²) < 4.78 is 6.07. The summed E-state index contributed by atoms with van der Waals surface area (Å²) in [7, 11) is 0. The van der Waals surface area contributed by atoms with Crippen LogP contribution in [0.2, 0.25) is 0 Å². The number of Topliss-reactive ketones (excluding diaryl/α,β-unsaturated/α-hetero) is 1. The lowest BCUT2D eigenvalue weighted by Crippen LogP contribution is -2.21. The molecular formula is C21H24O2. The first-order chi connectivity index (χ1) is 11.2. The Morgan fingerprint density at radius 3 is 2.52 bits per heavy atom. The zero-order valence-electron chi connectivity index (χ0n) is 13.8. The van der Waals surface area contributed by atoms with Crippen molar-refractivity contribution < 1.29 is 9.53 Å². The fourth-order valence-electron chi connectivity index (χ4n) is 3.28. The number of hydrogen-bond donors (Lipinski definition) is 0. The molecule has 0 radical (unpaired) electrons. The largest absolute Gasteiger partial charge is 0.489 e. The van der Waals surface area contributed by atoms with Gasteiger partial charge in [0.1, 0.15) is 18.1 Å². The molecule has 1 atom stereocenters. The average Bonchev–Trinajstić information content (AvgIpc) is 2.57. The van der Waals surface area contributed by atoms with E-state index in [1.807, 2.05) is 30.3 Å². The Morgan fingerprint density at radius 1 is 1.00 bits per heavy atom. The molecule has 1 aliphatic carbocycles. The minimum absolute atomic E-state index is 0.173. The molecule has 0 bridgehead atoms. The van der Waals surface area contributed by atoms with Crippen molar-refractivity contribution in [1.29, 1.82) is 0 Å². The highest BCUT2D eigenvalue weighted by atomic mass is 16.5. The Kier molecular flexibility index (Phi) is 5.12. The molecule has 1 saturated carbocycles. The Labute approximate surface area is 138 Å². The fraction of sp³-hybridized carbons (Fsp3) is 0.381. The van der Waals surface area contributed by atoms with Crippen molar-refractivity contribution >= 4 is 5.78 Å². The minimum atomic E-state index is 0.173. The van der Waals surface area contributed by atoms with E-state index in [2.05, 4.69) is 25.1 Å². The predicted molar refractivity (Wildman–Crippen MR) is 92.6 cm³/mol. The number of ether oxygens (including phenoxy) is 1. The van der Waals surface area contributed by atoms with Crippen LogP contribution >= 0.6 is 0 Å². The number of para-hydroxylation sites is 1. The van der Waals surface area contributed by atoms with Crippen molar-refractivity contribution in [2.45, 2.75) is 45.6 Å². The second kappa shape index (κ2) is 7.45. The van der Waals surface area contributed by atoms with Crippen molar-refractivity contribution in [1.82, 2.24) is 0 Å². The van der Waals surface area contributed by atoms with Crippen LogP contribution in [0.15, 0.2) is 48.5 Å². The highest BCUT2D eigenvalue weighted by Gasteiger charge is 2.23. The number of carbonyl (C=O) groups excluding carboxylic acids is 1. The van der Waals surface area contributed by atoms with Crippen LogP contribution in [0.25, 0.3) is 0 Å². The number of aryl methyl sites for hydroxylation is 1. The zero-order chi connectivity index (χ0) is 16.1. The summed E-state index contributed by atoms with van der Waals surface area (Å²) in [5.74, 6) is 1.51. The molecule has 1 fully saturated rings. The third-order valence-electron chi connectivity index (χ3n) is 4.76. The normalized spacial score (nSPS) is 18.0. The number of rotatable bonds is 5. The standard InChI is InChI=1S/C21H24O2/c1-16-8-2-3-11-19(16)15-23-21-13-7-5-10-18(21)14-17-9-4-6-12-20(17)22/h2-3,5,7-8,10-11,13,17H,4,6,9,12,14-15H2,1H3. The molecule has 120 valence electrons. The third kappa shape index (κ3) is 4.01. The highest BCUT2D eigenvalue weighted by Crippen LogP contribution is 2.28. The monoisotopic (exact) mass is 308 g/mol. The van der Waals surface area contributed by atoms with Gasteiger partial charge in [0.2, 0.25) is 0 Å². The SMILES string of the molecule is Cc1ccccc1COc1ccccc1CC1CCCCC1=O. The quantitative estimate of drug-likeness (QED) is 0.787. The highest BCUT2D eigenvalue weighted by molar-refractivity contribution is 5.82. The molecule has 3 rings (SSSR count). The first-order valence-electron chi connectivity index (χ1n) is 8.52. The van der Waals surface area contributed by atoms with Crippen LogP contribution in [0.4, 0.5) is 0 Å². The van der Waals surface area contributed by atoms with Crippen LogP contribution in [0.1, 0.15) is 42.4 Å². The molecule has 0 heterocycles. The van der Waals surface area contributed by atoms with Gasteiger partial charge in [-0.3, -0.25) is 4.79 Å². The smallest absolute Gasteiger partial charge is 0.136 e. The summed E-state index contributed by atoms with van der Waals surface area (Å²) in [5, 5.41) is 0.